The lowest BCUT2D eigenvalue weighted by molar-refractivity contribution is 0.581. The van der Waals surface area contributed by atoms with Crippen molar-refractivity contribution in [2.24, 2.45) is 0 Å². The van der Waals surface area contributed by atoms with Crippen molar-refractivity contribution >= 4 is 16.3 Å². The molecular weight excluding hydrogens is 230 g/mol. The van der Waals surface area contributed by atoms with Gasteiger partial charge in [0.15, 0.2) is 4.96 Å². The largest absolute Gasteiger partial charge is 0.298 e. The summed E-state index contributed by atoms with van der Waals surface area (Å²) in [5.41, 5.74) is 3.53. The van der Waals surface area contributed by atoms with E-state index in [1.165, 1.54) is 11.4 Å². The summed E-state index contributed by atoms with van der Waals surface area (Å²) in [5, 5.41) is 5.51. The summed E-state index contributed by atoms with van der Waals surface area (Å²) in [5.74, 6) is 2.75. The second kappa shape index (κ2) is 4.91. The van der Waals surface area contributed by atoms with Crippen LogP contribution in [0, 0.1) is 26.2 Å². The number of thiazole rings is 1. The van der Waals surface area contributed by atoms with Gasteiger partial charge in [0, 0.05) is 17.6 Å². The van der Waals surface area contributed by atoms with Crippen LogP contribution in [0.2, 0.25) is 0 Å². The Balaban J connectivity index is 2.26. The molecule has 4 heteroatoms. The SMILES string of the molecule is C#CC(CC)NCc1c(C)nc2scc(C)n12. The van der Waals surface area contributed by atoms with Gasteiger partial charge in [-0.25, -0.2) is 4.98 Å². The molecule has 17 heavy (non-hydrogen) atoms. The fraction of sp³-hybridized carbons (Fsp3) is 0.462. The van der Waals surface area contributed by atoms with Crippen LogP contribution < -0.4 is 5.32 Å². The molecule has 0 aliphatic rings. The van der Waals surface area contributed by atoms with Gasteiger partial charge in [0.2, 0.25) is 0 Å². The van der Waals surface area contributed by atoms with Gasteiger partial charge in [0.25, 0.3) is 0 Å². The molecule has 0 saturated carbocycles. The smallest absolute Gasteiger partial charge is 0.194 e. The Labute approximate surface area is 106 Å². The molecule has 2 aromatic rings. The quantitative estimate of drug-likeness (QED) is 0.841. The summed E-state index contributed by atoms with van der Waals surface area (Å²) in [7, 11) is 0. The van der Waals surface area contributed by atoms with Crippen molar-refractivity contribution < 1.29 is 0 Å². The first-order valence-electron chi connectivity index (χ1n) is 5.79. The Hall–Kier alpha value is -1.31. The number of aryl methyl sites for hydroxylation is 2. The number of nitrogens with zero attached hydrogens (tertiary/aromatic N) is 2. The minimum absolute atomic E-state index is 0.138. The lowest BCUT2D eigenvalue weighted by atomic mass is 10.2. The summed E-state index contributed by atoms with van der Waals surface area (Å²) in [4.78, 5) is 5.61. The van der Waals surface area contributed by atoms with E-state index in [1.54, 1.807) is 11.3 Å². The molecule has 0 saturated heterocycles. The number of rotatable bonds is 4. The Kier molecular flexibility index (Phi) is 3.51. The van der Waals surface area contributed by atoms with Gasteiger partial charge in [0.05, 0.1) is 17.4 Å². The van der Waals surface area contributed by atoms with Crippen molar-refractivity contribution in [3.63, 3.8) is 0 Å². The number of imidazole rings is 1. The molecule has 0 amide bonds. The van der Waals surface area contributed by atoms with Crippen molar-refractivity contribution in [1.82, 2.24) is 14.7 Å². The van der Waals surface area contributed by atoms with Gasteiger partial charge < -0.3 is 0 Å². The first-order valence-corrected chi connectivity index (χ1v) is 6.66. The van der Waals surface area contributed by atoms with E-state index in [9.17, 15) is 0 Å². The zero-order valence-electron chi connectivity index (χ0n) is 10.4. The molecule has 1 atom stereocenters. The monoisotopic (exact) mass is 247 g/mol. The summed E-state index contributed by atoms with van der Waals surface area (Å²) in [6.07, 6.45) is 6.40. The van der Waals surface area contributed by atoms with Crippen LogP contribution >= 0.6 is 11.3 Å². The Morgan fingerprint density at radius 3 is 3.00 bits per heavy atom. The molecule has 90 valence electrons. The number of terminal acetylenes is 1. The topological polar surface area (TPSA) is 29.3 Å². The van der Waals surface area contributed by atoms with E-state index < -0.39 is 0 Å². The van der Waals surface area contributed by atoms with Gasteiger partial charge in [-0.15, -0.1) is 17.8 Å². The molecule has 0 radical (unpaired) electrons. The van der Waals surface area contributed by atoms with Crippen molar-refractivity contribution in [3.05, 3.63) is 22.5 Å². The third kappa shape index (κ3) is 2.21. The molecular formula is C13H17N3S. The maximum atomic E-state index is 5.45. The van der Waals surface area contributed by atoms with Crippen LogP contribution in [0.25, 0.3) is 4.96 Å². The zero-order chi connectivity index (χ0) is 12.4. The van der Waals surface area contributed by atoms with Crippen molar-refractivity contribution in [2.75, 3.05) is 0 Å². The second-order valence-electron chi connectivity index (χ2n) is 4.15. The van der Waals surface area contributed by atoms with E-state index >= 15 is 0 Å². The molecule has 2 aromatic heterocycles. The van der Waals surface area contributed by atoms with Crippen LogP contribution in [0.1, 0.15) is 30.4 Å². The predicted octanol–water partition coefficient (Wildman–Crippen LogP) is 2.51. The molecule has 0 spiro atoms. The van der Waals surface area contributed by atoms with Crippen LogP contribution in [-0.2, 0) is 6.54 Å². The zero-order valence-corrected chi connectivity index (χ0v) is 11.3. The van der Waals surface area contributed by atoms with Gasteiger partial charge in [-0.05, 0) is 20.3 Å². The van der Waals surface area contributed by atoms with Gasteiger partial charge in [-0.3, -0.25) is 9.72 Å². The summed E-state index contributed by atoms with van der Waals surface area (Å²) >= 11 is 1.68. The first-order chi connectivity index (χ1) is 8.17. The predicted molar refractivity (Wildman–Crippen MR) is 72.3 cm³/mol. The van der Waals surface area contributed by atoms with Gasteiger partial charge in [-0.1, -0.05) is 12.8 Å². The van der Waals surface area contributed by atoms with E-state index in [-0.39, 0.29) is 6.04 Å². The van der Waals surface area contributed by atoms with E-state index in [2.05, 4.69) is 39.8 Å². The summed E-state index contributed by atoms with van der Waals surface area (Å²) in [6.45, 7) is 7.01. The van der Waals surface area contributed by atoms with E-state index in [4.69, 9.17) is 6.42 Å². The number of hydrogen-bond donors (Lipinski definition) is 1. The van der Waals surface area contributed by atoms with E-state index in [1.807, 2.05) is 6.92 Å². The minimum Gasteiger partial charge on any atom is -0.298 e. The number of nitrogens with one attached hydrogen (secondary N) is 1. The maximum Gasteiger partial charge on any atom is 0.194 e. The highest BCUT2D eigenvalue weighted by Crippen LogP contribution is 2.20. The maximum absolute atomic E-state index is 5.45. The van der Waals surface area contributed by atoms with Crippen molar-refractivity contribution in [1.29, 1.82) is 0 Å². The van der Waals surface area contributed by atoms with Crippen molar-refractivity contribution in [3.8, 4) is 12.3 Å². The highest BCUT2D eigenvalue weighted by molar-refractivity contribution is 7.15. The Bertz CT molecular complexity index is 559. The molecule has 2 rings (SSSR count). The lowest BCUT2D eigenvalue weighted by Crippen LogP contribution is -2.27. The second-order valence-corrected chi connectivity index (χ2v) is 4.98. The average Bonchev–Trinajstić information content (AvgIpc) is 2.81. The van der Waals surface area contributed by atoms with Gasteiger partial charge >= 0.3 is 0 Å². The fourth-order valence-electron chi connectivity index (χ4n) is 1.92. The number of fused-ring (bicyclic) bond motifs is 1. The summed E-state index contributed by atoms with van der Waals surface area (Å²) in [6, 6.07) is 0.138. The molecule has 0 bridgehead atoms. The molecule has 0 aliphatic carbocycles. The van der Waals surface area contributed by atoms with Crippen LogP contribution in [0.5, 0.6) is 0 Å². The van der Waals surface area contributed by atoms with Crippen molar-refractivity contribution in [2.45, 2.75) is 39.8 Å². The van der Waals surface area contributed by atoms with Crippen LogP contribution in [0.15, 0.2) is 5.38 Å². The molecule has 1 unspecified atom stereocenters. The molecule has 2 heterocycles. The fourth-order valence-corrected chi connectivity index (χ4v) is 2.85. The van der Waals surface area contributed by atoms with E-state index in [0.29, 0.717) is 0 Å². The van der Waals surface area contributed by atoms with Crippen LogP contribution in [0.3, 0.4) is 0 Å². The average molecular weight is 247 g/mol. The summed E-state index contributed by atoms with van der Waals surface area (Å²) < 4.78 is 2.20. The Morgan fingerprint density at radius 1 is 1.59 bits per heavy atom. The number of aromatic nitrogens is 2. The molecule has 0 aliphatic heterocycles. The first kappa shape index (κ1) is 12.2. The van der Waals surface area contributed by atoms with Gasteiger partial charge in [0.1, 0.15) is 0 Å². The van der Waals surface area contributed by atoms with E-state index in [0.717, 1.165) is 23.6 Å². The highest BCUT2D eigenvalue weighted by atomic mass is 32.1. The lowest BCUT2D eigenvalue weighted by Gasteiger charge is -2.10. The molecule has 0 aromatic carbocycles. The molecule has 0 fully saturated rings. The third-order valence-corrected chi connectivity index (χ3v) is 3.90. The normalized spacial score (nSPS) is 12.8. The highest BCUT2D eigenvalue weighted by Gasteiger charge is 2.12. The molecule has 1 N–H and O–H groups in total. The minimum atomic E-state index is 0.138. The molecule has 3 nitrogen and oxygen atoms in total. The number of hydrogen-bond acceptors (Lipinski definition) is 3. The van der Waals surface area contributed by atoms with Crippen LogP contribution in [0.4, 0.5) is 0 Å². The third-order valence-electron chi connectivity index (χ3n) is 2.96. The standard InChI is InChI=1S/C13H17N3S/c1-5-11(6-2)14-7-12-10(4)15-13-16(12)9(3)8-17-13/h1,8,11,14H,6-7H2,2-4H3. The van der Waals surface area contributed by atoms with Gasteiger partial charge in [-0.2, -0.15) is 0 Å². The van der Waals surface area contributed by atoms with Crippen LogP contribution in [-0.4, -0.2) is 15.4 Å². The Morgan fingerprint density at radius 2 is 2.35 bits per heavy atom.